The lowest BCUT2D eigenvalue weighted by molar-refractivity contribution is 0.288. The summed E-state index contributed by atoms with van der Waals surface area (Å²) < 4.78 is 5.46. The Balaban J connectivity index is 2.07. The Morgan fingerprint density at radius 3 is 2.73 bits per heavy atom. The van der Waals surface area contributed by atoms with Gasteiger partial charge in [0.2, 0.25) is 5.88 Å². The summed E-state index contributed by atoms with van der Waals surface area (Å²) in [7, 11) is 0. The molecule has 0 aliphatic carbocycles. The van der Waals surface area contributed by atoms with Crippen molar-refractivity contribution in [2.24, 2.45) is 0 Å². The Morgan fingerprint density at radius 1 is 1.47 bits per heavy atom. The molecule has 0 amide bonds. The zero-order valence-electron chi connectivity index (χ0n) is 10.1. The van der Waals surface area contributed by atoms with E-state index in [1.807, 2.05) is 13.0 Å². The van der Waals surface area contributed by atoms with Crippen molar-refractivity contribution < 1.29 is 4.74 Å². The molecule has 4 nitrogen and oxygen atoms in total. The van der Waals surface area contributed by atoms with Crippen molar-refractivity contribution in [1.29, 1.82) is 0 Å². The number of H-pyrrole nitrogens is 1. The molecule has 86 valence electrons. The van der Waals surface area contributed by atoms with Gasteiger partial charge in [0.15, 0.2) is 0 Å². The quantitative estimate of drug-likeness (QED) is 0.731. The first kappa shape index (κ1) is 12.0. The van der Waals surface area contributed by atoms with Crippen LogP contribution in [0.2, 0.25) is 0 Å². The van der Waals surface area contributed by atoms with Gasteiger partial charge >= 0.3 is 0 Å². The molecule has 0 unspecified atom stereocenters. The monoisotopic (exact) mass is 211 g/mol. The van der Waals surface area contributed by atoms with E-state index >= 15 is 0 Å². The third-order valence-corrected chi connectivity index (χ3v) is 1.91. The van der Waals surface area contributed by atoms with Crippen LogP contribution in [-0.2, 0) is 0 Å². The third-order valence-electron chi connectivity index (χ3n) is 1.91. The van der Waals surface area contributed by atoms with Gasteiger partial charge in [-0.1, -0.05) is 0 Å². The highest BCUT2D eigenvalue weighted by atomic mass is 16.5. The summed E-state index contributed by atoms with van der Waals surface area (Å²) in [5.74, 6) is 0.684. The van der Waals surface area contributed by atoms with Gasteiger partial charge in [0.1, 0.15) is 0 Å². The van der Waals surface area contributed by atoms with Gasteiger partial charge in [-0.2, -0.15) is 0 Å². The molecule has 0 spiro atoms. The number of rotatable bonds is 5. The molecule has 15 heavy (non-hydrogen) atoms. The summed E-state index contributed by atoms with van der Waals surface area (Å²) in [6.45, 7) is 10.1. The summed E-state index contributed by atoms with van der Waals surface area (Å²) in [6, 6.07) is 1.90. The molecule has 1 aromatic heterocycles. The molecule has 0 aliphatic rings. The van der Waals surface area contributed by atoms with Crippen molar-refractivity contribution in [3.63, 3.8) is 0 Å². The number of nitrogens with zero attached hydrogens (tertiary/aromatic N) is 1. The molecule has 1 aromatic rings. The summed E-state index contributed by atoms with van der Waals surface area (Å²) >= 11 is 0. The second-order valence-corrected chi connectivity index (χ2v) is 4.77. The fraction of sp³-hybridized carbons (Fsp3) is 0.727. The number of aryl methyl sites for hydroxylation is 1. The van der Waals surface area contributed by atoms with E-state index < -0.39 is 0 Å². The number of nitrogens with one attached hydrogen (secondary N) is 2. The van der Waals surface area contributed by atoms with Crippen LogP contribution in [0.25, 0.3) is 0 Å². The molecule has 0 saturated carbocycles. The number of hydrogen-bond acceptors (Lipinski definition) is 3. The van der Waals surface area contributed by atoms with Gasteiger partial charge in [0, 0.05) is 17.3 Å². The van der Waals surface area contributed by atoms with E-state index in [0.29, 0.717) is 12.5 Å². The maximum absolute atomic E-state index is 5.46. The summed E-state index contributed by atoms with van der Waals surface area (Å²) in [6.07, 6.45) is 0.989. The minimum Gasteiger partial charge on any atom is -0.477 e. The van der Waals surface area contributed by atoms with Crippen LogP contribution in [-0.4, -0.2) is 28.9 Å². The minimum atomic E-state index is 0.183. The zero-order valence-corrected chi connectivity index (χ0v) is 10.1. The van der Waals surface area contributed by atoms with Crippen molar-refractivity contribution in [3.8, 4) is 5.88 Å². The second kappa shape index (κ2) is 5.16. The fourth-order valence-corrected chi connectivity index (χ4v) is 1.18. The average molecular weight is 211 g/mol. The van der Waals surface area contributed by atoms with Crippen molar-refractivity contribution in [3.05, 3.63) is 11.8 Å². The standard InChI is InChI=1S/C11H21N3O/c1-9-8-10(14-13-9)15-7-5-6-12-11(2,3)4/h8,12H,5-7H2,1-4H3,(H,13,14). The van der Waals surface area contributed by atoms with Crippen LogP contribution in [0.3, 0.4) is 0 Å². The number of aromatic amines is 1. The molecule has 0 bridgehead atoms. The van der Waals surface area contributed by atoms with E-state index in [2.05, 4.69) is 36.3 Å². The molecule has 0 atom stereocenters. The molecule has 4 heteroatoms. The van der Waals surface area contributed by atoms with Crippen LogP contribution < -0.4 is 10.1 Å². The van der Waals surface area contributed by atoms with E-state index in [1.54, 1.807) is 0 Å². The van der Waals surface area contributed by atoms with Crippen LogP contribution in [0.4, 0.5) is 0 Å². The highest BCUT2D eigenvalue weighted by Gasteiger charge is 2.07. The first-order valence-corrected chi connectivity index (χ1v) is 5.37. The fourth-order valence-electron chi connectivity index (χ4n) is 1.18. The SMILES string of the molecule is Cc1cc(OCCCNC(C)(C)C)n[nH]1. The smallest absolute Gasteiger partial charge is 0.232 e. The molecule has 0 fully saturated rings. The van der Waals surface area contributed by atoms with E-state index in [0.717, 1.165) is 18.7 Å². The lowest BCUT2D eigenvalue weighted by Gasteiger charge is -2.20. The normalized spacial score (nSPS) is 11.7. The largest absolute Gasteiger partial charge is 0.477 e. The van der Waals surface area contributed by atoms with E-state index in [4.69, 9.17) is 4.74 Å². The highest BCUT2D eigenvalue weighted by Crippen LogP contribution is 2.06. The number of ether oxygens (including phenoxy) is 1. The van der Waals surface area contributed by atoms with Gasteiger partial charge in [-0.05, 0) is 40.7 Å². The van der Waals surface area contributed by atoms with E-state index in [1.165, 1.54) is 0 Å². The topological polar surface area (TPSA) is 49.9 Å². The van der Waals surface area contributed by atoms with Crippen LogP contribution in [0.1, 0.15) is 32.9 Å². The Morgan fingerprint density at radius 2 is 2.20 bits per heavy atom. The number of hydrogen-bond donors (Lipinski definition) is 2. The van der Waals surface area contributed by atoms with Crippen molar-refractivity contribution in [1.82, 2.24) is 15.5 Å². The van der Waals surface area contributed by atoms with Crippen LogP contribution in [0.5, 0.6) is 5.88 Å². The summed E-state index contributed by atoms with van der Waals surface area (Å²) in [4.78, 5) is 0. The van der Waals surface area contributed by atoms with Crippen LogP contribution in [0, 0.1) is 6.92 Å². The maximum atomic E-state index is 5.46. The Bertz CT molecular complexity index is 288. The predicted octanol–water partition coefficient (Wildman–Crippen LogP) is 1.88. The molecule has 0 aliphatic heterocycles. The molecule has 0 aromatic carbocycles. The molecule has 0 radical (unpaired) electrons. The first-order valence-electron chi connectivity index (χ1n) is 5.37. The molecule has 2 N–H and O–H groups in total. The summed E-state index contributed by atoms with van der Waals surface area (Å²) in [5, 5.41) is 10.2. The molecular formula is C11H21N3O. The molecule has 1 rings (SSSR count). The third kappa shape index (κ3) is 5.42. The minimum absolute atomic E-state index is 0.183. The lowest BCUT2D eigenvalue weighted by Crippen LogP contribution is -2.36. The molecule has 1 heterocycles. The van der Waals surface area contributed by atoms with Crippen molar-refractivity contribution in [2.45, 2.75) is 39.7 Å². The average Bonchev–Trinajstić information content (AvgIpc) is 2.49. The van der Waals surface area contributed by atoms with Gasteiger partial charge < -0.3 is 10.1 Å². The highest BCUT2D eigenvalue weighted by molar-refractivity contribution is 5.11. The Labute approximate surface area is 91.4 Å². The predicted molar refractivity (Wildman–Crippen MR) is 61.2 cm³/mol. The van der Waals surface area contributed by atoms with Crippen molar-refractivity contribution >= 4 is 0 Å². The Hall–Kier alpha value is -1.03. The van der Waals surface area contributed by atoms with Gasteiger partial charge in [-0.15, -0.1) is 5.10 Å². The first-order chi connectivity index (χ1) is 6.97. The molecule has 0 saturated heterocycles. The zero-order chi connectivity index (χ0) is 11.3. The van der Waals surface area contributed by atoms with E-state index in [9.17, 15) is 0 Å². The molecular weight excluding hydrogens is 190 g/mol. The van der Waals surface area contributed by atoms with Gasteiger partial charge in [-0.3, -0.25) is 5.10 Å². The Kier molecular flexibility index (Phi) is 4.15. The van der Waals surface area contributed by atoms with Gasteiger partial charge in [0.05, 0.1) is 6.61 Å². The number of aromatic nitrogens is 2. The second-order valence-electron chi connectivity index (χ2n) is 4.77. The van der Waals surface area contributed by atoms with Crippen molar-refractivity contribution in [2.75, 3.05) is 13.2 Å². The van der Waals surface area contributed by atoms with Crippen LogP contribution >= 0.6 is 0 Å². The van der Waals surface area contributed by atoms with Crippen LogP contribution in [0.15, 0.2) is 6.07 Å². The lowest BCUT2D eigenvalue weighted by atomic mass is 10.1. The summed E-state index contributed by atoms with van der Waals surface area (Å²) in [5.41, 5.74) is 1.21. The maximum Gasteiger partial charge on any atom is 0.232 e. The van der Waals surface area contributed by atoms with Gasteiger partial charge in [0.25, 0.3) is 0 Å². The van der Waals surface area contributed by atoms with Gasteiger partial charge in [-0.25, -0.2) is 0 Å². The van der Waals surface area contributed by atoms with E-state index in [-0.39, 0.29) is 5.54 Å².